The van der Waals surface area contributed by atoms with E-state index in [9.17, 15) is 9.18 Å². The summed E-state index contributed by atoms with van der Waals surface area (Å²) in [6.45, 7) is 1.76. The summed E-state index contributed by atoms with van der Waals surface area (Å²) in [6, 6.07) is 14.1. The maximum atomic E-state index is 13.7. The van der Waals surface area contributed by atoms with Gasteiger partial charge in [-0.15, -0.1) is 11.8 Å². The Kier molecular flexibility index (Phi) is 6.01. The Morgan fingerprint density at radius 1 is 1.26 bits per heavy atom. The van der Waals surface area contributed by atoms with Crippen LogP contribution in [0.1, 0.15) is 5.56 Å². The van der Waals surface area contributed by atoms with Gasteiger partial charge in [0.2, 0.25) is 5.91 Å². The monoisotopic (exact) mass is 329 g/mol. The number of halogens is 1. The largest absolute Gasteiger partial charge is 0.374 e. The van der Waals surface area contributed by atoms with E-state index >= 15 is 0 Å². The summed E-state index contributed by atoms with van der Waals surface area (Å²) < 4.78 is 13.7. The van der Waals surface area contributed by atoms with Gasteiger partial charge in [-0.2, -0.15) is 5.26 Å². The molecule has 0 aliphatic carbocycles. The zero-order valence-corrected chi connectivity index (χ0v) is 13.4. The summed E-state index contributed by atoms with van der Waals surface area (Å²) in [4.78, 5) is 12.8. The Morgan fingerprint density at radius 3 is 2.78 bits per heavy atom. The van der Waals surface area contributed by atoms with Crippen LogP contribution in [0.15, 0.2) is 47.4 Å². The van der Waals surface area contributed by atoms with Crippen LogP contribution >= 0.6 is 11.8 Å². The number of nitrogens with zero attached hydrogens (tertiary/aromatic N) is 1. The molecule has 1 amide bonds. The van der Waals surface area contributed by atoms with E-state index in [1.807, 2.05) is 12.1 Å². The predicted octanol–water partition coefficient (Wildman–Crippen LogP) is 3.80. The molecule has 4 nitrogen and oxygen atoms in total. The lowest BCUT2D eigenvalue weighted by Gasteiger charge is -2.11. The van der Waals surface area contributed by atoms with Gasteiger partial charge in [0.1, 0.15) is 5.82 Å². The van der Waals surface area contributed by atoms with Crippen LogP contribution in [0.2, 0.25) is 0 Å². The fourth-order valence-corrected chi connectivity index (χ4v) is 2.61. The van der Waals surface area contributed by atoms with E-state index in [1.165, 1.54) is 17.8 Å². The molecule has 0 unspecified atom stereocenters. The van der Waals surface area contributed by atoms with Crippen molar-refractivity contribution < 1.29 is 9.18 Å². The number of carbonyl (C=O) groups excluding carboxylic acids is 1. The number of hydrogen-bond donors (Lipinski definition) is 2. The van der Waals surface area contributed by atoms with Gasteiger partial charge in [0, 0.05) is 4.90 Å². The highest BCUT2D eigenvalue weighted by Crippen LogP contribution is 2.26. The number of nitrogens with one attached hydrogen (secondary N) is 2. The number of carbonyl (C=O) groups is 1. The van der Waals surface area contributed by atoms with Crippen LogP contribution in [-0.2, 0) is 4.79 Å². The molecule has 0 bridgehead atoms. The quantitative estimate of drug-likeness (QED) is 0.791. The van der Waals surface area contributed by atoms with Gasteiger partial charge in [-0.1, -0.05) is 18.2 Å². The van der Waals surface area contributed by atoms with Gasteiger partial charge in [-0.05, 0) is 36.8 Å². The minimum Gasteiger partial charge on any atom is -0.374 e. The second-order valence-corrected chi connectivity index (χ2v) is 5.85. The average Bonchev–Trinajstić information content (AvgIpc) is 2.53. The third-order valence-electron chi connectivity index (χ3n) is 3.02. The van der Waals surface area contributed by atoms with Crippen molar-refractivity contribution >= 4 is 29.0 Å². The van der Waals surface area contributed by atoms with Crippen LogP contribution in [0.4, 0.5) is 15.8 Å². The van der Waals surface area contributed by atoms with Crippen molar-refractivity contribution in [2.45, 2.75) is 11.8 Å². The zero-order valence-electron chi connectivity index (χ0n) is 12.6. The summed E-state index contributed by atoms with van der Waals surface area (Å²) in [5, 5.41) is 14.2. The minimum atomic E-state index is -0.386. The molecule has 0 aliphatic rings. The lowest BCUT2D eigenvalue weighted by molar-refractivity contribution is -0.114. The summed E-state index contributed by atoms with van der Waals surface area (Å²) in [5.41, 5.74) is 1.75. The Labute approximate surface area is 138 Å². The van der Waals surface area contributed by atoms with Crippen molar-refractivity contribution in [1.82, 2.24) is 0 Å². The van der Waals surface area contributed by atoms with Crippen LogP contribution in [0.5, 0.6) is 0 Å². The first-order valence-corrected chi connectivity index (χ1v) is 7.97. The van der Waals surface area contributed by atoms with Gasteiger partial charge in [-0.3, -0.25) is 4.79 Å². The van der Waals surface area contributed by atoms with E-state index in [0.29, 0.717) is 11.4 Å². The molecule has 0 fully saturated rings. The molecule has 6 heteroatoms. The first kappa shape index (κ1) is 16.8. The summed E-state index contributed by atoms with van der Waals surface area (Å²) >= 11 is 1.35. The van der Waals surface area contributed by atoms with Gasteiger partial charge >= 0.3 is 0 Å². The maximum absolute atomic E-state index is 13.7. The molecule has 0 radical (unpaired) electrons. The fourth-order valence-electron chi connectivity index (χ4n) is 1.94. The lowest BCUT2D eigenvalue weighted by atomic mass is 10.2. The van der Waals surface area contributed by atoms with Crippen molar-refractivity contribution in [2.24, 2.45) is 0 Å². The second-order valence-electron chi connectivity index (χ2n) is 4.83. The number of benzene rings is 2. The molecular weight excluding hydrogens is 313 g/mol. The molecule has 2 N–H and O–H groups in total. The number of para-hydroxylation sites is 1. The Hall–Kier alpha value is -2.52. The normalized spacial score (nSPS) is 9.96. The highest BCUT2D eigenvalue weighted by Gasteiger charge is 2.08. The topological polar surface area (TPSA) is 64.9 Å². The number of anilines is 2. The molecule has 2 rings (SSSR count). The van der Waals surface area contributed by atoms with Crippen molar-refractivity contribution in [3.8, 4) is 6.07 Å². The van der Waals surface area contributed by atoms with Crippen molar-refractivity contribution in [3.05, 3.63) is 53.8 Å². The molecule has 0 saturated carbocycles. The molecule has 0 saturated heterocycles. The van der Waals surface area contributed by atoms with E-state index in [-0.39, 0.29) is 24.0 Å². The van der Waals surface area contributed by atoms with Crippen LogP contribution in [0.25, 0.3) is 0 Å². The average molecular weight is 329 g/mol. The van der Waals surface area contributed by atoms with Gasteiger partial charge in [0.15, 0.2) is 0 Å². The first-order valence-electron chi connectivity index (χ1n) is 6.99. The number of hydrogen-bond acceptors (Lipinski definition) is 4. The van der Waals surface area contributed by atoms with Crippen LogP contribution in [0.3, 0.4) is 0 Å². The second kappa shape index (κ2) is 8.20. The third kappa shape index (κ3) is 5.01. The molecule has 2 aromatic carbocycles. The summed E-state index contributed by atoms with van der Waals surface area (Å²) in [7, 11) is 0. The summed E-state index contributed by atoms with van der Waals surface area (Å²) in [6.07, 6.45) is 0. The Morgan fingerprint density at radius 2 is 2.04 bits per heavy atom. The predicted molar refractivity (Wildman–Crippen MR) is 91.0 cm³/mol. The molecule has 0 atom stereocenters. The number of aryl methyl sites for hydroxylation is 1. The van der Waals surface area contributed by atoms with Gasteiger partial charge in [0.25, 0.3) is 0 Å². The molecule has 0 heterocycles. The molecule has 0 aliphatic heterocycles. The van der Waals surface area contributed by atoms with Crippen LogP contribution < -0.4 is 10.6 Å². The van der Waals surface area contributed by atoms with E-state index in [4.69, 9.17) is 5.26 Å². The molecule has 118 valence electrons. The first-order chi connectivity index (χ1) is 11.1. The molecule has 2 aromatic rings. The Balaban J connectivity index is 1.96. The molecule has 0 aromatic heterocycles. The Bertz CT molecular complexity index is 743. The number of thioether (sulfide) groups is 1. The standard InChI is InChI=1S/C17H16FN3OS/c1-12-6-7-14(13(18)10-12)20-11-17(22)21-15-4-2-3-5-16(15)23-9-8-19/h2-7,10,20H,9,11H2,1H3,(H,21,22). The number of amides is 1. The van der Waals surface area contributed by atoms with Crippen LogP contribution in [-0.4, -0.2) is 18.2 Å². The van der Waals surface area contributed by atoms with Crippen molar-refractivity contribution in [1.29, 1.82) is 5.26 Å². The fraction of sp³-hybridized carbons (Fsp3) is 0.176. The summed E-state index contributed by atoms with van der Waals surface area (Å²) in [5.74, 6) is -0.363. The number of rotatable bonds is 6. The zero-order chi connectivity index (χ0) is 16.7. The molecular formula is C17H16FN3OS. The van der Waals surface area contributed by atoms with Crippen molar-refractivity contribution in [2.75, 3.05) is 22.9 Å². The maximum Gasteiger partial charge on any atom is 0.243 e. The third-order valence-corrected chi connectivity index (χ3v) is 3.96. The SMILES string of the molecule is Cc1ccc(NCC(=O)Nc2ccccc2SCC#N)c(F)c1. The highest BCUT2D eigenvalue weighted by molar-refractivity contribution is 7.99. The van der Waals surface area contributed by atoms with Gasteiger partial charge < -0.3 is 10.6 Å². The van der Waals surface area contributed by atoms with E-state index in [0.717, 1.165) is 10.5 Å². The number of nitriles is 1. The van der Waals surface area contributed by atoms with E-state index in [2.05, 4.69) is 16.7 Å². The molecule has 0 spiro atoms. The van der Waals surface area contributed by atoms with Gasteiger partial charge in [-0.25, -0.2) is 4.39 Å². The van der Waals surface area contributed by atoms with Crippen LogP contribution in [0, 0.1) is 24.1 Å². The van der Waals surface area contributed by atoms with E-state index < -0.39 is 0 Å². The molecule has 23 heavy (non-hydrogen) atoms. The highest BCUT2D eigenvalue weighted by atomic mass is 32.2. The van der Waals surface area contributed by atoms with E-state index in [1.54, 1.807) is 31.2 Å². The lowest BCUT2D eigenvalue weighted by Crippen LogP contribution is -2.22. The smallest absolute Gasteiger partial charge is 0.243 e. The van der Waals surface area contributed by atoms with Crippen molar-refractivity contribution in [3.63, 3.8) is 0 Å². The minimum absolute atomic E-state index is 0.0444. The van der Waals surface area contributed by atoms with Gasteiger partial charge in [0.05, 0.1) is 29.7 Å².